The van der Waals surface area contributed by atoms with E-state index in [1.54, 1.807) is 11.3 Å². The summed E-state index contributed by atoms with van der Waals surface area (Å²) in [5, 5.41) is 6.75. The summed E-state index contributed by atoms with van der Waals surface area (Å²) in [6.45, 7) is 2.45. The van der Waals surface area contributed by atoms with Gasteiger partial charge in [0, 0.05) is 67.6 Å². The molecule has 10 heteroatoms. The van der Waals surface area contributed by atoms with E-state index in [-0.39, 0.29) is 12.0 Å². The number of fused-ring (bicyclic) bond motifs is 1. The Morgan fingerprint density at radius 3 is 2.37 bits per heavy atom. The maximum absolute atomic E-state index is 12.9. The number of piperazine rings is 1. The van der Waals surface area contributed by atoms with Crippen LogP contribution in [0.3, 0.4) is 0 Å². The van der Waals surface area contributed by atoms with Crippen molar-refractivity contribution in [3.05, 3.63) is 58.9 Å². The number of carbonyl (C=O) groups excluding carboxylic acids is 1. The van der Waals surface area contributed by atoms with Crippen LogP contribution in [0.4, 0.5) is 27.9 Å². The van der Waals surface area contributed by atoms with Crippen LogP contribution in [0.25, 0.3) is 21.3 Å². The summed E-state index contributed by atoms with van der Waals surface area (Å²) in [4.78, 5) is 28.8. The summed E-state index contributed by atoms with van der Waals surface area (Å²) in [5.74, 6) is 1.05. The number of nitrogens with one attached hydrogen (secondary N) is 1. The van der Waals surface area contributed by atoms with E-state index in [1.807, 2.05) is 72.4 Å². The van der Waals surface area contributed by atoms with Crippen LogP contribution in [0.2, 0.25) is 5.02 Å². The number of nitrogens with zero attached hydrogens (tertiary/aromatic N) is 5. The molecule has 0 unspecified atom stereocenters. The number of rotatable bonds is 4. The Hall–Kier alpha value is -3.56. The molecule has 8 nitrogen and oxygen atoms in total. The fourth-order valence-corrected chi connectivity index (χ4v) is 5.25. The number of anilines is 4. The highest BCUT2D eigenvalue weighted by Crippen LogP contribution is 2.39. The maximum atomic E-state index is 12.9. The van der Waals surface area contributed by atoms with E-state index >= 15 is 0 Å². The molecule has 1 saturated heterocycles. The third-order valence-corrected chi connectivity index (χ3v) is 7.21. The molecule has 2 aromatic carbocycles. The molecule has 0 aliphatic carbocycles. The fraction of sp³-hybridized carbons (Fsp3) is 0.240. The van der Waals surface area contributed by atoms with Crippen molar-refractivity contribution in [3.8, 4) is 11.1 Å². The summed E-state index contributed by atoms with van der Waals surface area (Å²) < 4.78 is 0. The molecule has 0 spiro atoms. The standard InChI is InChI=1S/C25H26ClN7OS/c1-31(2)19-9-7-18(8-10-19)28-25(34)33-13-11-32(12-14-33)22-21-20(16-3-5-17(26)6-4-16)15-35-23(21)30-24(27)29-22/h3-10,15H,11-14H2,1-2H3,(H,28,34)(H2,27,29,30). The monoisotopic (exact) mass is 507 g/mol. The lowest BCUT2D eigenvalue weighted by atomic mass is 10.1. The third-order valence-electron chi connectivity index (χ3n) is 6.09. The number of urea groups is 1. The van der Waals surface area contributed by atoms with Crippen molar-refractivity contribution >= 4 is 62.3 Å². The number of nitrogen functional groups attached to an aromatic ring is 1. The number of hydrogen-bond donors (Lipinski definition) is 2. The smallest absolute Gasteiger partial charge is 0.321 e. The zero-order valence-corrected chi connectivity index (χ0v) is 21.1. The molecule has 3 N–H and O–H groups in total. The first-order valence-corrected chi connectivity index (χ1v) is 12.5. The van der Waals surface area contributed by atoms with Gasteiger partial charge >= 0.3 is 6.03 Å². The number of amides is 2. The summed E-state index contributed by atoms with van der Waals surface area (Å²) in [7, 11) is 3.97. The average Bonchev–Trinajstić information content (AvgIpc) is 3.28. The summed E-state index contributed by atoms with van der Waals surface area (Å²) in [5.41, 5.74) is 10.0. The minimum absolute atomic E-state index is 0.105. The van der Waals surface area contributed by atoms with Crippen LogP contribution in [0.5, 0.6) is 0 Å². The van der Waals surface area contributed by atoms with Gasteiger partial charge in [0.1, 0.15) is 10.6 Å². The zero-order valence-electron chi connectivity index (χ0n) is 19.5. The Labute approximate surface area is 212 Å². The van der Waals surface area contributed by atoms with Crippen LogP contribution < -0.4 is 20.9 Å². The highest BCUT2D eigenvalue weighted by atomic mass is 35.5. The van der Waals surface area contributed by atoms with Gasteiger partial charge in [0.2, 0.25) is 5.95 Å². The third kappa shape index (κ3) is 4.82. The van der Waals surface area contributed by atoms with E-state index < -0.39 is 0 Å². The van der Waals surface area contributed by atoms with Gasteiger partial charge in [-0.2, -0.15) is 4.98 Å². The second kappa shape index (κ2) is 9.59. The van der Waals surface area contributed by atoms with Crippen LogP contribution in [0.1, 0.15) is 0 Å². The van der Waals surface area contributed by atoms with Crippen LogP contribution in [0, 0.1) is 0 Å². The van der Waals surface area contributed by atoms with Gasteiger partial charge in [-0.3, -0.25) is 0 Å². The van der Waals surface area contributed by atoms with Crippen LogP contribution >= 0.6 is 22.9 Å². The summed E-state index contributed by atoms with van der Waals surface area (Å²) >= 11 is 7.63. The molecule has 1 fully saturated rings. The topological polar surface area (TPSA) is 90.6 Å². The maximum Gasteiger partial charge on any atom is 0.321 e. The number of benzene rings is 2. The predicted octanol–water partition coefficient (Wildman–Crippen LogP) is 5.01. The average molecular weight is 508 g/mol. The molecule has 1 aliphatic rings. The Morgan fingerprint density at radius 2 is 1.71 bits per heavy atom. The Balaban J connectivity index is 1.33. The summed E-state index contributed by atoms with van der Waals surface area (Å²) in [6.07, 6.45) is 0. The minimum Gasteiger partial charge on any atom is -0.378 e. The van der Waals surface area contributed by atoms with Gasteiger partial charge in [0.05, 0.1) is 5.39 Å². The van der Waals surface area contributed by atoms with Crippen molar-refractivity contribution in [1.82, 2.24) is 14.9 Å². The molecule has 5 rings (SSSR count). The van der Waals surface area contributed by atoms with Crippen LogP contribution in [-0.4, -0.2) is 61.2 Å². The first kappa shape index (κ1) is 23.2. The zero-order chi connectivity index (χ0) is 24.5. The van der Waals surface area contributed by atoms with Crippen molar-refractivity contribution in [1.29, 1.82) is 0 Å². The Bertz CT molecular complexity index is 1350. The lowest BCUT2D eigenvalue weighted by Gasteiger charge is -2.35. The van der Waals surface area contributed by atoms with Gasteiger partial charge in [-0.1, -0.05) is 23.7 Å². The van der Waals surface area contributed by atoms with E-state index in [0.29, 0.717) is 31.2 Å². The number of nitrogens with two attached hydrogens (primary N) is 1. The van der Waals surface area contributed by atoms with Crippen molar-refractivity contribution < 1.29 is 4.79 Å². The molecule has 2 amide bonds. The molecule has 4 aromatic rings. The van der Waals surface area contributed by atoms with E-state index in [9.17, 15) is 4.79 Å². The van der Waals surface area contributed by atoms with E-state index in [0.717, 1.165) is 38.5 Å². The number of halogens is 1. The molecular weight excluding hydrogens is 482 g/mol. The molecule has 1 aliphatic heterocycles. The normalized spacial score (nSPS) is 13.8. The number of aromatic nitrogens is 2. The van der Waals surface area contributed by atoms with Gasteiger partial charge in [-0.05, 0) is 42.0 Å². The molecule has 180 valence electrons. The van der Waals surface area contributed by atoms with Gasteiger partial charge in [-0.25, -0.2) is 9.78 Å². The lowest BCUT2D eigenvalue weighted by molar-refractivity contribution is 0.208. The van der Waals surface area contributed by atoms with Crippen molar-refractivity contribution in [2.24, 2.45) is 0 Å². The number of hydrogen-bond acceptors (Lipinski definition) is 7. The molecule has 0 bridgehead atoms. The second-order valence-corrected chi connectivity index (χ2v) is 9.88. The first-order valence-electron chi connectivity index (χ1n) is 11.3. The van der Waals surface area contributed by atoms with Crippen LogP contribution in [0.15, 0.2) is 53.9 Å². The molecule has 3 heterocycles. The highest BCUT2D eigenvalue weighted by Gasteiger charge is 2.25. The second-order valence-electron chi connectivity index (χ2n) is 8.59. The lowest BCUT2D eigenvalue weighted by Crippen LogP contribution is -2.50. The highest BCUT2D eigenvalue weighted by molar-refractivity contribution is 7.17. The Morgan fingerprint density at radius 1 is 1.03 bits per heavy atom. The molecule has 35 heavy (non-hydrogen) atoms. The fourth-order valence-electron chi connectivity index (χ4n) is 4.18. The molecule has 0 radical (unpaired) electrons. The molecule has 2 aromatic heterocycles. The van der Waals surface area contributed by atoms with Gasteiger partial charge in [0.25, 0.3) is 0 Å². The quantitative estimate of drug-likeness (QED) is 0.403. The molecular formula is C25H26ClN7OS. The van der Waals surface area contributed by atoms with E-state index in [2.05, 4.69) is 25.6 Å². The van der Waals surface area contributed by atoms with Crippen LogP contribution in [-0.2, 0) is 0 Å². The number of thiophene rings is 1. The van der Waals surface area contributed by atoms with Gasteiger partial charge in [0.15, 0.2) is 0 Å². The van der Waals surface area contributed by atoms with Crippen molar-refractivity contribution in [2.45, 2.75) is 0 Å². The number of carbonyl (C=O) groups is 1. The SMILES string of the molecule is CN(C)c1ccc(NC(=O)N2CCN(c3nc(N)nc4scc(-c5ccc(Cl)cc5)c34)CC2)cc1. The first-order chi connectivity index (χ1) is 16.9. The van der Waals surface area contributed by atoms with Crippen molar-refractivity contribution in [2.75, 3.05) is 61.1 Å². The Kier molecular flexibility index (Phi) is 6.36. The molecule has 0 saturated carbocycles. The largest absolute Gasteiger partial charge is 0.378 e. The van der Waals surface area contributed by atoms with E-state index in [4.69, 9.17) is 17.3 Å². The predicted molar refractivity (Wildman–Crippen MR) is 146 cm³/mol. The van der Waals surface area contributed by atoms with E-state index in [1.165, 1.54) is 0 Å². The minimum atomic E-state index is -0.105. The summed E-state index contributed by atoms with van der Waals surface area (Å²) in [6, 6.07) is 15.4. The van der Waals surface area contributed by atoms with Gasteiger partial charge in [-0.15, -0.1) is 11.3 Å². The van der Waals surface area contributed by atoms with Gasteiger partial charge < -0.3 is 25.8 Å². The molecule has 0 atom stereocenters. The van der Waals surface area contributed by atoms with Crippen molar-refractivity contribution in [3.63, 3.8) is 0 Å².